The summed E-state index contributed by atoms with van der Waals surface area (Å²) in [5.41, 5.74) is 0.776. The molecule has 1 heterocycles. The molecule has 4 heteroatoms. The number of hydrogen-bond acceptors (Lipinski definition) is 2. The number of halogens is 1. The molecule has 3 nitrogen and oxygen atoms in total. The standard InChI is InChI=1S/C11H15BrN2O/c1-3-4-8(2)11(15)14-10-5-6-13-7-9(10)12/h5-8H,3-4H2,1-2H3,(H,13,14,15). The molecule has 0 aliphatic rings. The highest BCUT2D eigenvalue weighted by Gasteiger charge is 2.12. The van der Waals surface area contributed by atoms with Gasteiger partial charge >= 0.3 is 0 Å². The number of nitrogens with one attached hydrogen (secondary N) is 1. The summed E-state index contributed by atoms with van der Waals surface area (Å²) >= 11 is 3.34. The van der Waals surface area contributed by atoms with Crippen LogP contribution in [-0.2, 0) is 4.79 Å². The summed E-state index contributed by atoms with van der Waals surface area (Å²) < 4.78 is 0.807. The van der Waals surface area contributed by atoms with E-state index in [2.05, 4.69) is 33.2 Å². The maximum absolute atomic E-state index is 11.7. The first-order valence-corrected chi connectivity index (χ1v) is 5.84. The zero-order valence-electron chi connectivity index (χ0n) is 8.96. The molecule has 1 rings (SSSR count). The van der Waals surface area contributed by atoms with Crippen LogP contribution in [0.15, 0.2) is 22.9 Å². The second-order valence-corrected chi connectivity index (χ2v) is 4.39. The molecule has 0 saturated heterocycles. The van der Waals surface area contributed by atoms with Crippen LogP contribution in [-0.4, -0.2) is 10.9 Å². The van der Waals surface area contributed by atoms with Gasteiger partial charge < -0.3 is 5.32 Å². The van der Waals surface area contributed by atoms with Gasteiger partial charge in [0.25, 0.3) is 0 Å². The fourth-order valence-corrected chi connectivity index (χ4v) is 1.65. The van der Waals surface area contributed by atoms with Gasteiger partial charge in [-0.2, -0.15) is 0 Å². The minimum absolute atomic E-state index is 0.0510. The van der Waals surface area contributed by atoms with Gasteiger partial charge in [0.05, 0.1) is 10.2 Å². The Morgan fingerprint density at radius 1 is 1.67 bits per heavy atom. The van der Waals surface area contributed by atoms with Gasteiger partial charge in [-0.3, -0.25) is 9.78 Å². The molecular formula is C11H15BrN2O. The van der Waals surface area contributed by atoms with Crippen LogP contribution < -0.4 is 5.32 Å². The first kappa shape index (κ1) is 12.2. The SMILES string of the molecule is CCCC(C)C(=O)Nc1ccncc1Br. The van der Waals surface area contributed by atoms with E-state index in [1.807, 2.05) is 6.92 Å². The number of amides is 1. The molecule has 0 bridgehead atoms. The van der Waals surface area contributed by atoms with Gasteiger partial charge in [0.2, 0.25) is 5.91 Å². The maximum atomic E-state index is 11.7. The Bertz CT molecular complexity index is 341. The van der Waals surface area contributed by atoms with Gasteiger partial charge in [-0.05, 0) is 28.4 Å². The second-order valence-electron chi connectivity index (χ2n) is 3.53. The monoisotopic (exact) mass is 270 g/mol. The van der Waals surface area contributed by atoms with Crippen LogP contribution in [0.2, 0.25) is 0 Å². The summed E-state index contributed by atoms with van der Waals surface area (Å²) in [6.07, 6.45) is 5.26. The molecule has 82 valence electrons. The summed E-state index contributed by atoms with van der Waals surface area (Å²) in [5.74, 6) is 0.110. The Labute approximate surface area is 98.4 Å². The molecule has 1 amide bonds. The van der Waals surface area contributed by atoms with Gasteiger partial charge in [-0.25, -0.2) is 0 Å². The third kappa shape index (κ3) is 3.63. The number of carbonyl (C=O) groups excluding carboxylic acids is 1. The topological polar surface area (TPSA) is 42.0 Å². The largest absolute Gasteiger partial charge is 0.325 e. The van der Waals surface area contributed by atoms with E-state index in [1.54, 1.807) is 18.5 Å². The van der Waals surface area contributed by atoms with Crippen LogP contribution in [0.3, 0.4) is 0 Å². The highest BCUT2D eigenvalue weighted by atomic mass is 79.9. The van der Waals surface area contributed by atoms with Crippen LogP contribution in [0.5, 0.6) is 0 Å². The van der Waals surface area contributed by atoms with Crippen molar-refractivity contribution in [1.29, 1.82) is 0 Å². The lowest BCUT2D eigenvalue weighted by molar-refractivity contribution is -0.119. The van der Waals surface area contributed by atoms with Crippen molar-refractivity contribution >= 4 is 27.5 Å². The smallest absolute Gasteiger partial charge is 0.227 e. The Kier molecular flexibility index (Phi) is 4.75. The first-order valence-electron chi connectivity index (χ1n) is 5.05. The van der Waals surface area contributed by atoms with Crippen molar-refractivity contribution in [3.05, 3.63) is 22.9 Å². The van der Waals surface area contributed by atoms with Crippen LogP contribution in [0.4, 0.5) is 5.69 Å². The van der Waals surface area contributed by atoms with E-state index in [4.69, 9.17) is 0 Å². The lowest BCUT2D eigenvalue weighted by atomic mass is 10.1. The molecule has 1 N–H and O–H groups in total. The van der Waals surface area contributed by atoms with Gasteiger partial charge in [0.1, 0.15) is 0 Å². The molecule has 1 aromatic rings. The van der Waals surface area contributed by atoms with E-state index >= 15 is 0 Å². The number of rotatable bonds is 4. The Morgan fingerprint density at radius 3 is 3.00 bits per heavy atom. The molecule has 1 unspecified atom stereocenters. The Hall–Kier alpha value is -0.900. The van der Waals surface area contributed by atoms with Gasteiger partial charge in [-0.15, -0.1) is 0 Å². The van der Waals surface area contributed by atoms with Crippen molar-refractivity contribution in [2.75, 3.05) is 5.32 Å². The number of hydrogen-bond donors (Lipinski definition) is 1. The molecule has 0 spiro atoms. The average molecular weight is 271 g/mol. The minimum Gasteiger partial charge on any atom is -0.325 e. The summed E-state index contributed by atoms with van der Waals surface area (Å²) in [7, 11) is 0. The number of anilines is 1. The molecule has 0 saturated carbocycles. The van der Waals surface area contributed by atoms with Gasteiger partial charge in [0.15, 0.2) is 0 Å². The van der Waals surface area contributed by atoms with Crippen molar-refractivity contribution in [2.24, 2.45) is 5.92 Å². The van der Waals surface area contributed by atoms with E-state index in [9.17, 15) is 4.79 Å². The Balaban J connectivity index is 2.62. The predicted octanol–water partition coefficient (Wildman–Crippen LogP) is 3.22. The van der Waals surface area contributed by atoms with E-state index in [-0.39, 0.29) is 11.8 Å². The molecule has 0 fully saturated rings. The third-order valence-electron chi connectivity index (χ3n) is 2.20. The average Bonchev–Trinajstić information content (AvgIpc) is 2.21. The molecule has 0 aliphatic carbocycles. The van der Waals surface area contributed by atoms with E-state index in [1.165, 1.54) is 0 Å². The second kappa shape index (κ2) is 5.85. The highest BCUT2D eigenvalue weighted by Crippen LogP contribution is 2.21. The fourth-order valence-electron chi connectivity index (χ4n) is 1.30. The zero-order chi connectivity index (χ0) is 11.3. The molecule has 1 aromatic heterocycles. The van der Waals surface area contributed by atoms with Crippen LogP contribution in [0.25, 0.3) is 0 Å². The molecule has 0 radical (unpaired) electrons. The molecule has 0 aliphatic heterocycles. The summed E-state index contributed by atoms with van der Waals surface area (Å²) in [5, 5.41) is 2.87. The number of aromatic nitrogens is 1. The number of carbonyl (C=O) groups is 1. The fraction of sp³-hybridized carbons (Fsp3) is 0.455. The molecule has 1 atom stereocenters. The normalized spacial score (nSPS) is 12.2. The summed E-state index contributed by atoms with van der Waals surface area (Å²) in [4.78, 5) is 15.6. The predicted molar refractivity (Wildman–Crippen MR) is 64.6 cm³/mol. The maximum Gasteiger partial charge on any atom is 0.227 e. The van der Waals surface area contributed by atoms with Crippen LogP contribution in [0.1, 0.15) is 26.7 Å². The van der Waals surface area contributed by atoms with Gasteiger partial charge in [0, 0.05) is 18.3 Å². The van der Waals surface area contributed by atoms with Crippen molar-refractivity contribution in [3.63, 3.8) is 0 Å². The van der Waals surface area contributed by atoms with Gasteiger partial charge in [-0.1, -0.05) is 20.3 Å². The zero-order valence-corrected chi connectivity index (χ0v) is 10.5. The molecular weight excluding hydrogens is 256 g/mol. The first-order chi connectivity index (χ1) is 7.15. The lowest BCUT2D eigenvalue weighted by Gasteiger charge is -2.11. The van der Waals surface area contributed by atoms with E-state index < -0.39 is 0 Å². The number of pyridine rings is 1. The molecule has 15 heavy (non-hydrogen) atoms. The van der Waals surface area contributed by atoms with Crippen LogP contribution >= 0.6 is 15.9 Å². The Morgan fingerprint density at radius 2 is 2.40 bits per heavy atom. The highest BCUT2D eigenvalue weighted by molar-refractivity contribution is 9.10. The van der Waals surface area contributed by atoms with Crippen molar-refractivity contribution < 1.29 is 4.79 Å². The summed E-state index contributed by atoms with van der Waals surface area (Å²) in [6.45, 7) is 4.01. The third-order valence-corrected chi connectivity index (χ3v) is 2.83. The minimum atomic E-state index is 0.0510. The van der Waals surface area contributed by atoms with Crippen LogP contribution in [0, 0.1) is 5.92 Å². The van der Waals surface area contributed by atoms with E-state index in [0.717, 1.165) is 23.0 Å². The number of nitrogens with zero attached hydrogens (tertiary/aromatic N) is 1. The summed E-state index contributed by atoms with van der Waals surface area (Å²) in [6, 6.07) is 1.78. The quantitative estimate of drug-likeness (QED) is 0.913. The van der Waals surface area contributed by atoms with Crippen molar-refractivity contribution in [3.8, 4) is 0 Å². The van der Waals surface area contributed by atoms with Crippen molar-refractivity contribution in [1.82, 2.24) is 4.98 Å². The van der Waals surface area contributed by atoms with E-state index in [0.29, 0.717) is 0 Å². The lowest BCUT2D eigenvalue weighted by Crippen LogP contribution is -2.20. The molecule has 0 aromatic carbocycles. The van der Waals surface area contributed by atoms with Crippen molar-refractivity contribution in [2.45, 2.75) is 26.7 Å².